The maximum Gasteiger partial charge on any atom is 0.264 e. The van der Waals surface area contributed by atoms with Gasteiger partial charge in [-0.3, -0.25) is 13.9 Å². The summed E-state index contributed by atoms with van der Waals surface area (Å²) in [5, 5.41) is 3.82. The molecule has 1 fully saturated rings. The molecule has 1 aliphatic carbocycles. The Kier molecular flexibility index (Phi) is 11.9. The Morgan fingerprint density at radius 1 is 0.909 bits per heavy atom. The third-order valence-electron chi connectivity index (χ3n) is 7.77. The van der Waals surface area contributed by atoms with Crippen molar-refractivity contribution in [3.63, 3.8) is 0 Å². The molecular formula is C33H39Cl2N3O5S. The van der Waals surface area contributed by atoms with Gasteiger partial charge in [0, 0.05) is 28.2 Å². The summed E-state index contributed by atoms with van der Waals surface area (Å²) >= 11 is 13.1. The number of carbonyl (C=O) groups is 2. The van der Waals surface area contributed by atoms with Crippen molar-refractivity contribution in [3.8, 4) is 5.75 Å². The number of para-hydroxylation sites is 2. The molecule has 3 aromatic rings. The maximum absolute atomic E-state index is 14.4. The van der Waals surface area contributed by atoms with Gasteiger partial charge < -0.3 is 15.0 Å². The minimum absolute atomic E-state index is 0.0156. The molecule has 44 heavy (non-hydrogen) atoms. The van der Waals surface area contributed by atoms with Crippen LogP contribution in [0, 0.1) is 0 Å². The van der Waals surface area contributed by atoms with Crippen LogP contribution in [0.2, 0.25) is 10.0 Å². The van der Waals surface area contributed by atoms with E-state index in [2.05, 4.69) is 5.32 Å². The molecule has 0 aromatic heterocycles. The van der Waals surface area contributed by atoms with Crippen molar-refractivity contribution in [1.82, 2.24) is 10.2 Å². The second-order valence-corrected chi connectivity index (χ2v) is 13.4. The number of nitrogens with zero attached hydrogens (tertiary/aromatic N) is 2. The molecule has 1 N–H and O–H groups in total. The molecule has 0 bridgehead atoms. The van der Waals surface area contributed by atoms with Crippen LogP contribution in [0.4, 0.5) is 5.69 Å². The van der Waals surface area contributed by atoms with E-state index in [4.69, 9.17) is 27.9 Å². The molecule has 0 radical (unpaired) electrons. The molecule has 1 saturated carbocycles. The highest BCUT2D eigenvalue weighted by Crippen LogP contribution is 2.33. The van der Waals surface area contributed by atoms with Crippen molar-refractivity contribution in [3.05, 3.63) is 88.4 Å². The first-order valence-electron chi connectivity index (χ1n) is 15.0. The summed E-state index contributed by atoms with van der Waals surface area (Å²) in [5.74, 6) is -0.564. The van der Waals surface area contributed by atoms with E-state index >= 15 is 0 Å². The summed E-state index contributed by atoms with van der Waals surface area (Å²) in [6.07, 6.45) is 5.26. The fraction of sp³-hybridized carbons (Fsp3) is 0.394. The van der Waals surface area contributed by atoms with Gasteiger partial charge in [0.15, 0.2) is 0 Å². The Bertz CT molecular complexity index is 1510. The Morgan fingerprint density at radius 3 is 2.18 bits per heavy atom. The molecule has 1 unspecified atom stereocenters. The van der Waals surface area contributed by atoms with Gasteiger partial charge in [-0.1, -0.05) is 85.8 Å². The molecule has 0 spiro atoms. The molecule has 11 heteroatoms. The average molecular weight is 661 g/mol. The number of nitrogens with one attached hydrogen (secondary N) is 1. The quantitative estimate of drug-likeness (QED) is 0.217. The van der Waals surface area contributed by atoms with Crippen molar-refractivity contribution >= 4 is 50.7 Å². The lowest BCUT2D eigenvalue weighted by molar-refractivity contribution is -0.140. The Morgan fingerprint density at radius 2 is 1.55 bits per heavy atom. The largest absolute Gasteiger partial charge is 0.492 e. The van der Waals surface area contributed by atoms with E-state index in [1.54, 1.807) is 67.6 Å². The third-order valence-corrected chi connectivity index (χ3v) is 10.3. The van der Waals surface area contributed by atoms with Gasteiger partial charge in [0.05, 0.1) is 17.2 Å². The minimum Gasteiger partial charge on any atom is -0.492 e. The molecule has 8 nitrogen and oxygen atoms in total. The smallest absolute Gasteiger partial charge is 0.264 e. The van der Waals surface area contributed by atoms with E-state index in [1.165, 1.54) is 17.0 Å². The van der Waals surface area contributed by atoms with Crippen molar-refractivity contribution in [2.75, 3.05) is 17.5 Å². The van der Waals surface area contributed by atoms with Gasteiger partial charge in [-0.25, -0.2) is 8.42 Å². The van der Waals surface area contributed by atoms with E-state index in [9.17, 15) is 18.0 Å². The molecule has 3 aromatic carbocycles. The van der Waals surface area contributed by atoms with E-state index in [1.807, 2.05) is 6.92 Å². The molecule has 236 valence electrons. The fourth-order valence-electron chi connectivity index (χ4n) is 5.49. The number of rotatable bonds is 13. The highest BCUT2D eigenvalue weighted by Gasteiger charge is 2.35. The van der Waals surface area contributed by atoms with Crippen LogP contribution in [-0.2, 0) is 26.2 Å². The van der Waals surface area contributed by atoms with Crippen LogP contribution in [0.25, 0.3) is 0 Å². The van der Waals surface area contributed by atoms with Crippen molar-refractivity contribution in [2.24, 2.45) is 0 Å². The number of anilines is 1. The predicted octanol–water partition coefficient (Wildman–Crippen LogP) is 6.84. The second-order valence-electron chi connectivity index (χ2n) is 10.7. The number of hydrogen-bond donors (Lipinski definition) is 1. The van der Waals surface area contributed by atoms with E-state index in [0.29, 0.717) is 34.4 Å². The van der Waals surface area contributed by atoms with E-state index < -0.39 is 28.5 Å². The molecule has 4 rings (SSSR count). The summed E-state index contributed by atoms with van der Waals surface area (Å²) in [7, 11) is -4.23. The van der Waals surface area contributed by atoms with Crippen LogP contribution in [0.15, 0.2) is 77.7 Å². The van der Waals surface area contributed by atoms with Gasteiger partial charge >= 0.3 is 0 Å². The Hall–Kier alpha value is -3.27. The number of hydrogen-bond acceptors (Lipinski definition) is 5. The number of carbonyl (C=O) groups excluding carboxylic acids is 2. The summed E-state index contributed by atoms with van der Waals surface area (Å²) in [6, 6.07) is 18.8. The summed E-state index contributed by atoms with van der Waals surface area (Å²) in [5.41, 5.74) is 0.683. The normalized spacial score (nSPS) is 14.5. The highest BCUT2D eigenvalue weighted by atomic mass is 35.5. The number of benzene rings is 3. The first-order valence-corrected chi connectivity index (χ1v) is 17.2. The van der Waals surface area contributed by atoms with Crippen molar-refractivity contribution in [2.45, 2.75) is 75.9 Å². The van der Waals surface area contributed by atoms with Gasteiger partial charge in [-0.05, 0) is 62.6 Å². The SMILES string of the molecule is CCOc1ccccc1N(CC(=O)N(Cc1c(Cl)cccc1Cl)C(CC)C(=O)NC1CCCCC1)S(=O)(=O)c1ccccc1. The van der Waals surface area contributed by atoms with Crippen molar-refractivity contribution in [1.29, 1.82) is 0 Å². The average Bonchev–Trinajstić information content (AvgIpc) is 3.02. The summed E-state index contributed by atoms with van der Waals surface area (Å²) in [4.78, 5) is 29.6. The van der Waals surface area contributed by atoms with Gasteiger partial charge in [-0.15, -0.1) is 0 Å². The van der Waals surface area contributed by atoms with Crippen LogP contribution in [0.3, 0.4) is 0 Å². The van der Waals surface area contributed by atoms with Gasteiger partial charge in [0.2, 0.25) is 11.8 Å². The lowest BCUT2D eigenvalue weighted by Crippen LogP contribution is -2.54. The van der Waals surface area contributed by atoms with Crippen LogP contribution in [-0.4, -0.2) is 50.4 Å². The van der Waals surface area contributed by atoms with Crippen LogP contribution < -0.4 is 14.4 Å². The predicted molar refractivity (Wildman–Crippen MR) is 175 cm³/mol. The first-order chi connectivity index (χ1) is 21.2. The number of sulfonamides is 1. The van der Waals surface area contributed by atoms with Gasteiger partial charge in [-0.2, -0.15) is 0 Å². The lowest BCUT2D eigenvalue weighted by atomic mass is 9.95. The standard InChI is InChI=1S/C33H39Cl2N3O5S/c1-3-29(33(40)36-24-14-7-5-8-15-24)37(22-26-27(34)18-13-19-28(26)35)32(39)23-38(30-20-11-12-21-31(30)43-4-2)44(41,42)25-16-9-6-10-17-25/h6,9-13,16-21,24,29H,3-5,7-8,14-15,22-23H2,1-2H3,(H,36,40). The monoisotopic (exact) mass is 659 g/mol. The Balaban J connectivity index is 1.77. The van der Waals surface area contributed by atoms with E-state index in [0.717, 1.165) is 36.4 Å². The molecule has 1 atom stereocenters. The third kappa shape index (κ3) is 8.06. The topological polar surface area (TPSA) is 96.0 Å². The zero-order valence-corrected chi connectivity index (χ0v) is 27.4. The zero-order valence-electron chi connectivity index (χ0n) is 25.0. The summed E-state index contributed by atoms with van der Waals surface area (Å²) in [6.45, 7) is 3.24. The number of ether oxygens (including phenoxy) is 1. The zero-order chi connectivity index (χ0) is 31.7. The van der Waals surface area contributed by atoms with E-state index in [-0.39, 0.29) is 29.1 Å². The number of halogens is 2. The lowest BCUT2D eigenvalue weighted by Gasteiger charge is -2.35. The van der Waals surface area contributed by atoms with Crippen LogP contribution in [0.1, 0.15) is 57.9 Å². The fourth-order valence-corrected chi connectivity index (χ4v) is 7.45. The van der Waals surface area contributed by atoms with Crippen LogP contribution in [0.5, 0.6) is 5.75 Å². The molecule has 0 aliphatic heterocycles. The molecule has 0 saturated heterocycles. The molecule has 1 aliphatic rings. The maximum atomic E-state index is 14.4. The van der Waals surface area contributed by atoms with Crippen LogP contribution >= 0.6 is 23.2 Å². The minimum atomic E-state index is -4.23. The number of amides is 2. The van der Waals surface area contributed by atoms with Crippen molar-refractivity contribution < 1.29 is 22.7 Å². The molecular weight excluding hydrogens is 621 g/mol. The second kappa shape index (κ2) is 15.6. The molecule has 0 heterocycles. The summed E-state index contributed by atoms with van der Waals surface area (Å²) < 4.78 is 35.1. The first kappa shape index (κ1) is 33.6. The van der Waals surface area contributed by atoms with Gasteiger partial charge in [0.25, 0.3) is 10.0 Å². The highest BCUT2D eigenvalue weighted by molar-refractivity contribution is 7.92. The Labute approximate surface area is 270 Å². The molecule has 2 amide bonds. The van der Waals surface area contributed by atoms with Gasteiger partial charge in [0.1, 0.15) is 18.3 Å².